The Labute approximate surface area is 55.6 Å². The molecule has 0 heteroatoms. The topological polar surface area (TPSA) is 0 Å². The molecule has 46 valence electrons. The molecule has 3 aliphatic rings. The van der Waals surface area contributed by atoms with Crippen molar-refractivity contribution in [1.82, 2.24) is 0 Å². The molecule has 0 radical (unpaired) electrons. The minimum Gasteiger partial charge on any atom is -0.120 e. The summed E-state index contributed by atoms with van der Waals surface area (Å²) in [5, 5.41) is 0. The maximum absolute atomic E-state index is 4.00. The lowest BCUT2D eigenvalue weighted by Gasteiger charge is -2.37. The molecule has 0 aromatic carbocycles. The lowest BCUT2D eigenvalue weighted by Crippen LogP contribution is -2.27. The van der Waals surface area contributed by atoms with E-state index in [0.29, 0.717) is 5.41 Å². The van der Waals surface area contributed by atoms with Crippen LogP contribution in [-0.2, 0) is 0 Å². The zero-order chi connectivity index (χ0) is 6.48. The molecular weight excluding hydrogens is 108 g/mol. The monoisotopic (exact) mass is 118 g/mol. The second kappa shape index (κ2) is 1.22. The first-order valence-corrected chi connectivity index (χ1v) is 3.45. The fourth-order valence-corrected chi connectivity index (χ4v) is 1.66. The Kier molecular flexibility index (Phi) is 0.689. The minimum absolute atomic E-state index is 0.370. The average Bonchev–Trinajstić information content (AvgIpc) is 2.41. The van der Waals surface area contributed by atoms with Crippen LogP contribution in [0.15, 0.2) is 29.5 Å². The van der Waals surface area contributed by atoms with Crippen LogP contribution in [0.1, 0.15) is 19.8 Å². The van der Waals surface area contributed by atoms with Gasteiger partial charge >= 0.3 is 0 Å². The molecule has 0 aromatic heterocycles. The van der Waals surface area contributed by atoms with Gasteiger partial charge in [-0.1, -0.05) is 13.5 Å². The van der Waals surface area contributed by atoms with Crippen LogP contribution in [-0.4, -0.2) is 0 Å². The number of rotatable bonds is 1. The standard InChI is InChI=1S/C9H10/c1-3-9-5-4-8(6-9)7(9)2/h5H,2-3,6H2,1H3. The van der Waals surface area contributed by atoms with E-state index in [1.54, 1.807) is 0 Å². The van der Waals surface area contributed by atoms with Crippen LogP contribution < -0.4 is 0 Å². The highest BCUT2D eigenvalue weighted by molar-refractivity contribution is 5.54. The van der Waals surface area contributed by atoms with E-state index in [4.69, 9.17) is 0 Å². The highest BCUT2D eigenvalue weighted by Crippen LogP contribution is 2.56. The first-order valence-electron chi connectivity index (χ1n) is 3.45. The molecule has 1 fully saturated rings. The first-order chi connectivity index (χ1) is 4.28. The minimum atomic E-state index is 0.370. The first kappa shape index (κ1) is 5.08. The molecule has 1 atom stereocenters. The van der Waals surface area contributed by atoms with Gasteiger partial charge in [0.2, 0.25) is 0 Å². The Balaban J connectivity index is 2.42. The molecule has 0 heterocycles. The summed E-state index contributed by atoms with van der Waals surface area (Å²) in [5.41, 5.74) is 6.28. The molecular formula is C9H10. The molecule has 1 unspecified atom stereocenters. The molecule has 0 amide bonds. The smallest absolute Gasteiger partial charge is 0.0254 e. The molecule has 0 spiro atoms. The van der Waals surface area contributed by atoms with E-state index >= 15 is 0 Å². The fraction of sp³-hybridized carbons (Fsp3) is 0.444. The average molecular weight is 118 g/mol. The summed E-state index contributed by atoms with van der Waals surface area (Å²) < 4.78 is 0. The van der Waals surface area contributed by atoms with Crippen molar-refractivity contribution in [3.63, 3.8) is 0 Å². The summed E-state index contributed by atoms with van der Waals surface area (Å²) in [6.45, 7) is 6.21. The van der Waals surface area contributed by atoms with Crippen LogP contribution in [0.4, 0.5) is 0 Å². The van der Waals surface area contributed by atoms with Crippen molar-refractivity contribution in [3.8, 4) is 0 Å². The number of hydrogen-bond acceptors (Lipinski definition) is 0. The molecule has 9 heavy (non-hydrogen) atoms. The Morgan fingerprint density at radius 1 is 1.89 bits per heavy atom. The quantitative estimate of drug-likeness (QED) is 0.464. The molecule has 0 aliphatic heterocycles. The summed E-state index contributed by atoms with van der Waals surface area (Å²) in [7, 11) is 0. The van der Waals surface area contributed by atoms with E-state index in [1.165, 1.54) is 24.0 Å². The summed E-state index contributed by atoms with van der Waals surface area (Å²) >= 11 is 0. The Morgan fingerprint density at radius 3 is 2.89 bits per heavy atom. The van der Waals surface area contributed by atoms with Crippen molar-refractivity contribution < 1.29 is 0 Å². The molecule has 3 rings (SSSR count). The Hall–Kier alpha value is -0.740. The van der Waals surface area contributed by atoms with Crippen LogP contribution >= 0.6 is 0 Å². The summed E-state index contributed by atoms with van der Waals surface area (Å²) in [5.74, 6) is 0. The van der Waals surface area contributed by atoms with E-state index < -0.39 is 0 Å². The zero-order valence-electron chi connectivity index (χ0n) is 5.70. The van der Waals surface area contributed by atoms with Crippen LogP contribution in [0.2, 0.25) is 0 Å². The molecule has 0 saturated heterocycles. The van der Waals surface area contributed by atoms with Crippen molar-refractivity contribution in [2.75, 3.05) is 0 Å². The third-order valence-electron chi connectivity index (χ3n) is 2.61. The predicted molar refractivity (Wildman–Crippen MR) is 38.1 cm³/mol. The maximum atomic E-state index is 4.00. The molecule has 0 aromatic rings. The fourth-order valence-electron chi connectivity index (χ4n) is 1.66. The van der Waals surface area contributed by atoms with Crippen LogP contribution in [0, 0.1) is 5.41 Å². The largest absolute Gasteiger partial charge is 0.120 e. The van der Waals surface area contributed by atoms with E-state index in [2.05, 4.69) is 25.3 Å². The summed E-state index contributed by atoms with van der Waals surface area (Å²) in [6.07, 6.45) is 4.59. The Morgan fingerprint density at radius 2 is 2.67 bits per heavy atom. The third-order valence-corrected chi connectivity index (χ3v) is 2.61. The van der Waals surface area contributed by atoms with Gasteiger partial charge in [0.25, 0.3) is 0 Å². The van der Waals surface area contributed by atoms with Gasteiger partial charge in [0, 0.05) is 5.41 Å². The van der Waals surface area contributed by atoms with Gasteiger partial charge in [-0.2, -0.15) is 0 Å². The lowest BCUT2D eigenvalue weighted by molar-refractivity contribution is 0.399. The van der Waals surface area contributed by atoms with Crippen molar-refractivity contribution in [2.24, 2.45) is 5.41 Å². The number of hydrogen-bond donors (Lipinski definition) is 0. The second-order valence-corrected chi connectivity index (χ2v) is 2.93. The van der Waals surface area contributed by atoms with Gasteiger partial charge in [-0.3, -0.25) is 0 Å². The van der Waals surface area contributed by atoms with Gasteiger partial charge in [0.05, 0.1) is 0 Å². The van der Waals surface area contributed by atoms with Gasteiger partial charge in [0.1, 0.15) is 0 Å². The van der Waals surface area contributed by atoms with Crippen LogP contribution in [0.5, 0.6) is 0 Å². The van der Waals surface area contributed by atoms with Crippen molar-refractivity contribution in [3.05, 3.63) is 29.5 Å². The van der Waals surface area contributed by atoms with Crippen molar-refractivity contribution in [2.45, 2.75) is 19.8 Å². The summed E-state index contributed by atoms with van der Waals surface area (Å²) in [4.78, 5) is 0. The van der Waals surface area contributed by atoms with Gasteiger partial charge in [0.15, 0.2) is 0 Å². The molecule has 0 N–H and O–H groups in total. The normalized spacial score (nSPS) is 36.6. The number of allylic oxidation sites excluding steroid dienone is 2. The van der Waals surface area contributed by atoms with Crippen molar-refractivity contribution >= 4 is 0 Å². The van der Waals surface area contributed by atoms with Crippen LogP contribution in [0.25, 0.3) is 0 Å². The molecule has 0 nitrogen and oxygen atoms in total. The van der Waals surface area contributed by atoms with Crippen molar-refractivity contribution in [1.29, 1.82) is 0 Å². The maximum Gasteiger partial charge on any atom is 0.0254 e. The third kappa shape index (κ3) is 0.371. The predicted octanol–water partition coefficient (Wildman–Crippen LogP) is 2.44. The highest BCUT2D eigenvalue weighted by atomic mass is 14.5. The van der Waals surface area contributed by atoms with E-state index in [1.807, 2.05) is 0 Å². The summed E-state index contributed by atoms with van der Waals surface area (Å²) in [6, 6.07) is 0. The zero-order valence-corrected chi connectivity index (χ0v) is 5.70. The van der Waals surface area contributed by atoms with E-state index in [-0.39, 0.29) is 0 Å². The van der Waals surface area contributed by atoms with E-state index in [0.717, 1.165) is 0 Å². The van der Waals surface area contributed by atoms with Gasteiger partial charge in [-0.05, 0) is 30.1 Å². The molecule has 3 aliphatic carbocycles. The Bertz CT molecular complexity index is 239. The highest BCUT2D eigenvalue weighted by Gasteiger charge is 2.44. The van der Waals surface area contributed by atoms with Gasteiger partial charge < -0.3 is 0 Å². The molecule has 2 bridgehead atoms. The molecule has 1 saturated carbocycles. The lowest BCUT2D eigenvalue weighted by atomic mass is 9.65. The van der Waals surface area contributed by atoms with Gasteiger partial charge in [-0.25, -0.2) is 0 Å². The van der Waals surface area contributed by atoms with Crippen LogP contribution in [0.3, 0.4) is 0 Å². The second-order valence-electron chi connectivity index (χ2n) is 2.93. The van der Waals surface area contributed by atoms with E-state index in [9.17, 15) is 0 Å². The SMILES string of the molecule is C=C1C2=C=CC1(CC)C2. The van der Waals surface area contributed by atoms with Gasteiger partial charge in [-0.15, -0.1) is 5.73 Å².